The lowest BCUT2D eigenvalue weighted by Crippen LogP contribution is -2.10. The highest BCUT2D eigenvalue weighted by atomic mass is 16.5. The molecule has 0 saturated heterocycles. The predicted molar refractivity (Wildman–Crippen MR) is 68.3 cm³/mol. The van der Waals surface area contributed by atoms with E-state index in [9.17, 15) is 4.79 Å². The van der Waals surface area contributed by atoms with Gasteiger partial charge in [-0.3, -0.25) is 0 Å². The average molecular weight is 261 g/mol. The highest BCUT2D eigenvalue weighted by molar-refractivity contribution is 5.87. The van der Waals surface area contributed by atoms with Gasteiger partial charge in [-0.25, -0.2) is 4.79 Å². The Kier molecular flexibility index (Phi) is 4.12. The van der Waals surface area contributed by atoms with Gasteiger partial charge in [0.25, 0.3) is 0 Å². The van der Waals surface area contributed by atoms with Crippen molar-refractivity contribution in [3.63, 3.8) is 0 Å². The van der Waals surface area contributed by atoms with Gasteiger partial charge in [-0.15, -0.1) is 10.2 Å². The summed E-state index contributed by atoms with van der Waals surface area (Å²) in [5, 5.41) is 16.6. The van der Waals surface area contributed by atoms with Gasteiger partial charge in [0.05, 0.1) is 12.1 Å². The molecule has 1 heterocycles. The quantitative estimate of drug-likeness (QED) is 0.855. The molecule has 1 aromatic heterocycles. The molecule has 1 aromatic carbocycles. The maximum absolute atomic E-state index is 10.7. The molecule has 1 N–H and O–H groups in total. The van der Waals surface area contributed by atoms with Crippen LogP contribution in [-0.2, 0) is 13.0 Å². The first-order valence-electron chi connectivity index (χ1n) is 6.03. The maximum atomic E-state index is 10.7. The SMILES string of the molecule is CCc1nncn1CCOc1ccc(C(=O)O)cc1. The minimum Gasteiger partial charge on any atom is -0.492 e. The van der Waals surface area contributed by atoms with Crippen molar-refractivity contribution in [3.05, 3.63) is 42.0 Å². The molecule has 2 aromatic rings. The highest BCUT2D eigenvalue weighted by Gasteiger charge is 2.03. The molecule has 6 nitrogen and oxygen atoms in total. The maximum Gasteiger partial charge on any atom is 0.335 e. The molecule has 0 fully saturated rings. The van der Waals surface area contributed by atoms with Crippen LogP contribution in [0, 0.1) is 0 Å². The van der Waals surface area contributed by atoms with E-state index in [1.807, 2.05) is 11.5 Å². The van der Waals surface area contributed by atoms with Crippen molar-refractivity contribution < 1.29 is 14.6 Å². The van der Waals surface area contributed by atoms with Crippen LogP contribution in [0.3, 0.4) is 0 Å². The lowest BCUT2D eigenvalue weighted by molar-refractivity contribution is 0.0697. The number of aryl methyl sites for hydroxylation is 1. The van der Waals surface area contributed by atoms with E-state index in [0.29, 0.717) is 18.9 Å². The summed E-state index contributed by atoms with van der Waals surface area (Å²) in [7, 11) is 0. The number of carboxylic acids is 1. The van der Waals surface area contributed by atoms with E-state index in [2.05, 4.69) is 10.2 Å². The largest absolute Gasteiger partial charge is 0.492 e. The Bertz CT molecular complexity index is 549. The van der Waals surface area contributed by atoms with E-state index in [0.717, 1.165) is 12.2 Å². The van der Waals surface area contributed by atoms with Gasteiger partial charge in [-0.1, -0.05) is 6.92 Å². The van der Waals surface area contributed by atoms with Gasteiger partial charge in [0, 0.05) is 6.42 Å². The van der Waals surface area contributed by atoms with E-state index in [-0.39, 0.29) is 5.56 Å². The van der Waals surface area contributed by atoms with Gasteiger partial charge in [-0.05, 0) is 24.3 Å². The Morgan fingerprint density at radius 1 is 1.37 bits per heavy atom. The number of ether oxygens (including phenoxy) is 1. The van der Waals surface area contributed by atoms with Crippen LogP contribution in [0.1, 0.15) is 23.1 Å². The van der Waals surface area contributed by atoms with Crippen molar-refractivity contribution in [2.75, 3.05) is 6.61 Å². The standard InChI is InChI=1S/C13H15N3O3/c1-2-12-15-14-9-16(12)7-8-19-11-5-3-10(4-6-11)13(17)18/h3-6,9H,2,7-8H2,1H3,(H,17,18). The molecule has 0 radical (unpaired) electrons. The summed E-state index contributed by atoms with van der Waals surface area (Å²) in [4.78, 5) is 10.7. The van der Waals surface area contributed by atoms with E-state index < -0.39 is 5.97 Å². The molecular formula is C13H15N3O3. The van der Waals surface area contributed by atoms with Crippen LogP contribution in [0.5, 0.6) is 5.75 Å². The van der Waals surface area contributed by atoms with E-state index in [4.69, 9.17) is 9.84 Å². The lowest BCUT2D eigenvalue weighted by Gasteiger charge is -2.08. The summed E-state index contributed by atoms with van der Waals surface area (Å²) in [6.45, 7) is 3.17. The van der Waals surface area contributed by atoms with E-state index in [1.165, 1.54) is 12.1 Å². The van der Waals surface area contributed by atoms with Crippen LogP contribution in [0.25, 0.3) is 0 Å². The molecule has 0 atom stereocenters. The third-order valence-corrected chi connectivity index (χ3v) is 2.71. The van der Waals surface area contributed by atoms with Crippen molar-refractivity contribution >= 4 is 5.97 Å². The lowest BCUT2D eigenvalue weighted by atomic mass is 10.2. The summed E-state index contributed by atoms with van der Waals surface area (Å²) in [5.41, 5.74) is 0.249. The molecule has 0 unspecified atom stereocenters. The first-order chi connectivity index (χ1) is 9.20. The van der Waals surface area contributed by atoms with Crippen molar-refractivity contribution in [2.45, 2.75) is 19.9 Å². The first kappa shape index (κ1) is 13.1. The monoisotopic (exact) mass is 261 g/mol. The summed E-state index contributed by atoms with van der Waals surface area (Å²) < 4.78 is 7.48. The summed E-state index contributed by atoms with van der Waals surface area (Å²) in [6.07, 6.45) is 2.50. The second-order valence-corrected chi connectivity index (χ2v) is 3.97. The third-order valence-electron chi connectivity index (χ3n) is 2.71. The van der Waals surface area contributed by atoms with E-state index in [1.54, 1.807) is 18.5 Å². The van der Waals surface area contributed by atoms with Crippen LogP contribution in [0.2, 0.25) is 0 Å². The number of aromatic nitrogens is 3. The van der Waals surface area contributed by atoms with Crippen LogP contribution in [0.15, 0.2) is 30.6 Å². The molecule has 0 saturated carbocycles. The molecule has 0 spiro atoms. The average Bonchev–Trinajstić information content (AvgIpc) is 2.87. The number of rotatable bonds is 6. The van der Waals surface area contributed by atoms with Crippen molar-refractivity contribution in [1.29, 1.82) is 0 Å². The Hall–Kier alpha value is -2.37. The van der Waals surface area contributed by atoms with Crippen LogP contribution >= 0.6 is 0 Å². The number of aromatic carboxylic acids is 1. The Morgan fingerprint density at radius 3 is 2.74 bits per heavy atom. The van der Waals surface area contributed by atoms with Gasteiger partial charge >= 0.3 is 5.97 Å². The summed E-state index contributed by atoms with van der Waals surface area (Å²) >= 11 is 0. The van der Waals surface area contributed by atoms with Gasteiger partial charge in [0.1, 0.15) is 24.5 Å². The van der Waals surface area contributed by atoms with Crippen LogP contribution in [-0.4, -0.2) is 32.4 Å². The zero-order valence-electron chi connectivity index (χ0n) is 10.6. The topological polar surface area (TPSA) is 77.2 Å². The van der Waals surface area contributed by atoms with Crippen molar-refractivity contribution in [2.24, 2.45) is 0 Å². The molecule has 0 aliphatic heterocycles. The smallest absolute Gasteiger partial charge is 0.335 e. The molecule has 100 valence electrons. The van der Waals surface area contributed by atoms with Crippen LogP contribution in [0.4, 0.5) is 0 Å². The fourth-order valence-corrected chi connectivity index (χ4v) is 1.70. The van der Waals surface area contributed by atoms with Gasteiger partial charge in [0.2, 0.25) is 0 Å². The Morgan fingerprint density at radius 2 is 2.11 bits per heavy atom. The summed E-state index contributed by atoms with van der Waals surface area (Å²) in [6, 6.07) is 6.34. The second-order valence-electron chi connectivity index (χ2n) is 3.97. The Labute approximate surface area is 110 Å². The molecule has 19 heavy (non-hydrogen) atoms. The normalized spacial score (nSPS) is 10.4. The van der Waals surface area contributed by atoms with Crippen molar-refractivity contribution in [1.82, 2.24) is 14.8 Å². The number of carboxylic acid groups (broad SMARTS) is 1. The van der Waals surface area contributed by atoms with Gasteiger partial charge in [0.15, 0.2) is 0 Å². The zero-order valence-corrected chi connectivity index (χ0v) is 10.6. The minimum atomic E-state index is -0.941. The number of carbonyl (C=O) groups is 1. The molecular weight excluding hydrogens is 246 g/mol. The van der Waals surface area contributed by atoms with Crippen molar-refractivity contribution in [3.8, 4) is 5.75 Å². The minimum absolute atomic E-state index is 0.249. The molecule has 0 bridgehead atoms. The molecule has 0 amide bonds. The second kappa shape index (κ2) is 5.99. The van der Waals surface area contributed by atoms with Gasteiger partial charge in [-0.2, -0.15) is 0 Å². The Balaban J connectivity index is 1.87. The zero-order chi connectivity index (χ0) is 13.7. The molecule has 6 heteroatoms. The highest BCUT2D eigenvalue weighted by Crippen LogP contribution is 2.12. The van der Waals surface area contributed by atoms with E-state index >= 15 is 0 Å². The van der Waals surface area contributed by atoms with Gasteiger partial charge < -0.3 is 14.4 Å². The predicted octanol–water partition coefficient (Wildman–Crippen LogP) is 1.62. The van der Waals surface area contributed by atoms with Crippen LogP contribution < -0.4 is 4.74 Å². The number of hydrogen-bond acceptors (Lipinski definition) is 4. The fourth-order valence-electron chi connectivity index (χ4n) is 1.70. The molecule has 0 aliphatic carbocycles. The number of nitrogens with zero attached hydrogens (tertiary/aromatic N) is 3. The number of hydrogen-bond donors (Lipinski definition) is 1. The first-order valence-corrected chi connectivity index (χ1v) is 6.03. The molecule has 0 aliphatic rings. The third kappa shape index (κ3) is 3.31. The fraction of sp³-hybridized carbons (Fsp3) is 0.308. The number of benzene rings is 1. The summed E-state index contributed by atoms with van der Waals surface area (Å²) in [5.74, 6) is 0.629. The molecule has 2 rings (SSSR count).